The van der Waals surface area contributed by atoms with Crippen LogP contribution in [-0.4, -0.2) is 34.0 Å². The van der Waals surface area contributed by atoms with Gasteiger partial charge in [0.05, 0.1) is 5.92 Å². The van der Waals surface area contributed by atoms with Crippen molar-refractivity contribution in [2.75, 3.05) is 0 Å². The second-order valence-corrected chi connectivity index (χ2v) is 5.35. The van der Waals surface area contributed by atoms with E-state index in [0.29, 0.717) is 6.42 Å². The van der Waals surface area contributed by atoms with Gasteiger partial charge in [0, 0.05) is 18.0 Å². The van der Waals surface area contributed by atoms with E-state index < -0.39 is 5.97 Å². The molecule has 0 aromatic rings. The molecule has 0 aromatic heterocycles. The predicted molar refractivity (Wildman–Crippen MR) is 56.7 cm³/mol. The lowest BCUT2D eigenvalue weighted by Crippen LogP contribution is -2.43. The molecule has 88 valence electrons. The summed E-state index contributed by atoms with van der Waals surface area (Å²) in [6, 6.07) is 0.217. The van der Waals surface area contributed by atoms with Crippen molar-refractivity contribution < 1.29 is 14.7 Å². The molecule has 2 saturated heterocycles. The first-order valence-electron chi connectivity index (χ1n) is 6.23. The van der Waals surface area contributed by atoms with Crippen LogP contribution >= 0.6 is 0 Å². The summed E-state index contributed by atoms with van der Waals surface area (Å²) >= 11 is 0. The highest BCUT2D eigenvalue weighted by molar-refractivity contribution is 5.83. The molecular weight excluding hydrogens is 206 g/mol. The fourth-order valence-electron chi connectivity index (χ4n) is 3.46. The first-order chi connectivity index (χ1) is 7.68. The van der Waals surface area contributed by atoms with Crippen LogP contribution < -0.4 is 0 Å². The molecule has 16 heavy (non-hydrogen) atoms. The van der Waals surface area contributed by atoms with Gasteiger partial charge in [0.2, 0.25) is 5.91 Å². The Morgan fingerprint density at radius 3 is 2.38 bits per heavy atom. The van der Waals surface area contributed by atoms with Crippen LogP contribution in [0.3, 0.4) is 0 Å². The molecule has 3 aliphatic rings. The second-order valence-electron chi connectivity index (χ2n) is 5.35. The third-order valence-electron chi connectivity index (χ3n) is 4.56. The maximum atomic E-state index is 12.2. The van der Waals surface area contributed by atoms with E-state index in [0.717, 1.165) is 32.1 Å². The average Bonchev–Trinajstić information content (AvgIpc) is 2.70. The molecule has 0 aromatic carbocycles. The maximum Gasteiger partial charge on any atom is 0.308 e. The van der Waals surface area contributed by atoms with E-state index in [4.69, 9.17) is 5.11 Å². The first-order valence-corrected chi connectivity index (χ1v) is 6.23. The number of rotatable bonds is 2. The molecule has 0 spiro atoms. The molecule has 0 radical (unpaired) electrons. The highest BCUT2D eigenvalue weighted by Gasteiger charge is 2.52. The van der Waals surface area contributed by atoms with Gasteiger partial charge in [-0.2, -0.15) is 0 Å². The minimum absolute atomic E-state index is 0.00407. The molecule has 1 N–H and O–H groups in total. The van der Waals surface area contributed by atoms with Gasteiger partial charge in [-0.05, 0) is 32.1 Å². The fourth-order valence-corrected chi connectivity index (χ4v) is 3.46. The van der Waals surface area contributed by atoms with Crippen LogP contribution in [0, 0.1) is 11.8 Å². The minimum Gasteiger partial charge on any atom is -0.481 e. The van der Waals surface area contributed by atoms with Gasteiger partial charge in [-0.15, -0.1) is 0 Å². The van der Waals surface area contributed by atoms with Crippen LogP contribution in [0.1, 0.15) is 38.5 Å². The maximum absolute atomic E-state index is 12.2. The third kappa shape index (κ3) is 1.28. The van der Waals surface area contributed by atoms with Crippen molar-refractivity contribution >= 4 is 11.9 Å². The summed E-state index contributed by atoms with van der Waals surface area (Å²) in [7, 11) is 0. The summed E-state index contributed by atoms with van der Waals surface area (Å²) in [4.78, 5) is 25.2. The van der Waals surface area contributed by atoms with E-state index in [1.165, 1.54) is 0 Å². The molecule has 4 nitrogen and oxygen atoms in total. The van der Waals surface area contributed by atoms with Crippen molar-refractivity contribution in [1.29, 1.82) is 0 Å². The number of carboxylic acid groups (broad SMARTS) is 1. The van der Waals surface area contributed by atoms with Gasteiger partial charge in [0.1, 0.15) is 0 Å². The largest absolute Gasteiger partial charge is 0.481 e. The van der Waals surface area contributed by atoms with Crippen molar-refractivity contribution in [3.8, 4) is 0 Å². The normalized spacial score (nSPS) is 37.5. The quantitative estimate of drug-likeness (QED) is 0.766. The van der Waals surface area contributed by atoms with Crippen LogP contribution in [0.15, 0.2) is 0 Å². The Hall–Kier alpha value is -1.06. The van der Waals surface area contributed by atoms with Gasteiger partial charge in [0.25, 0.3) is 0 Å². The molecular formula is C12H17NO3. The number of nitrogens with zero attached hydrogens (tertiary/aromatic N) is 1. The van der Waals surface area contributed by atoms with Crippen molar-refractivity contribution in [2.45, 2.75) is 50.6 Å². The summed E-state index contributed by atoms with van der Waals surface area (Å²) < 4.78 is 0. The Morgan fingerprint density at radius 2 is 1.88 bits per heavy atom. The molecule has 2 heterocycles. The average molecular weight is 223 g/mol. The molecule has 1 amide bonds. The third-order valence-corrected chi connectivity index (χ3v) is 4.56. The second kappa shape index (κ2) is 3.47. The predicted octanol–water partition coefficient (Wildman–Crippen LogP) is 1.25. The number of hydrogen-bond donors (Lipinski definition) is 1. The van der Waals surface area contributed by atoms with Gasteiger partial charge in [-0.3, -0.25) is 9.59 Å². The minimum atomic E-state index is -0.724. The Balaban J connectivity index is 1.76. The molecule has 1 saturated carbocycles. The van der Waals surface area contributed by atoms with Crippen LogP contribution in [0.4, 0.5) is 0 Å². The number of amides is 1. The zero-order valence-electron chi connectivity index (χ0n) is 9.26. The number of aliphatic carboxylic acids is 1. The van der Waals surface area contributed by atoms with Gasteiger partial charge in [-0.1, -0.05) is 6.42 Å². The number of carbonyl (C=O) groups excluding carboxylic acids is 1. The van der Waals surface area contributed by atoms with Crippen LogP contribution in [0.25, 0.3) is 0 Å². The number of fused-ring (bicyclic) bond motifs is 2. The molecule has 3 rings (SSSR count). The van der Waals surface area contributed by atoms with E-state index in [1.54, 1.807) is 0 Å². The van der Waals surface area contributed by atoms with E-state index in [-0.39, 0.29) is 29.8 Å². The van der Waals surface area contributed by atoms with E-state index in [2.05, 4.69) is 0 Å². The van der Waals surface area contributed by atoms with Crippen LogP contribution in [0.2, 0.25) is 0 Å². The summed E-state index contributed by atoms with van der Waals surface area (Å²) in [6.45, 7) is 0. The number of carbonyl (C=O) groups is 2. The van der Waals surface area contributed by atoms with E-state index in [1.807, 2.05) is 4.90 Å². The lowest BCUT2D eigenvalue weighted by atomic mass is 9.84. The van der Waals surface area contributed by atoms with Gasteiger partial charge < -0.3 is 10.0 Å². The summed E-state index contributed by atoms with van der Waals surface area (Å²) in [5.41, 5.74) is 0. The lowest BCUT2D eigenvalue weighted by molar-refractivity contribution is -0.144. The zero-order chi connectivity index (χ0) is 11.3. The number of hydrogen-bond acceptors (Lipinski definition) is 2. The summed E-state index contributed by atoms with van der Waals surface area (Å²) in [5, 5.41) is 9.11. The smallest absolute Gasteiger partial charge is 0.308 e. The van der Waals surface area contributed by atoms with Crippen molar-refractivity contribution in [3.05, 3.63) is 0 Å². The summed E-state index contributed by atoms with van der Waals surface area (Å²) in [5.74, 6) is -0.584. The zero-order valence-corrected chi connectivity index (χ0v) is 9.26. The van der Waals surface area contributed by atoms with Gasteiger partial charge in [0.15, 0.2) is 0 Å². The van der Waals surface area contributed by atoms with Crippen LogP contribution in [-0.2, 0) is 9.59 Å². The van der Waals surface area contributed by atoms with E-state index >= 15 is 0 Å². The molecule has 4 heteroatoms. The van der Waals surface area contributed by atoms with Crippen molar-refractivity contribution in [3.63, 3.8) is 0 Å². The van der Waals surface area contributed by atoms with E-state index in [9.17, 15) is 9.59 Å². The molecule has 2 aliphatic heterocycles. The Kier molecular flexibility index (Phi) is 2.19. The molecule has 3 fully saturated rings. The Labute approximate surface area is 94.6 Å². The molecule has 2 bridgehead atoms. The van der Waals surface area contributed by atoms with Gasteiger partial charge >= 0.3 is 5.97 Å². The fraction of sp³-hybridized carbons (Fsp3) is 0.833. The Bertz CT molecular complexity index is 337. The Morgan fingerprint density at radius 1 is 1.12 bits per heavy atom. The highest BCUT2D eigenvalue weighted by atomic mass is 16.4. The first kappa shape index (κ1) is 10.1. The molecule has 3 unspecified atom stereocenters. The summed E-state index contributed by atoms with van der Waals surface area (Å²) in [6.07, 6.45) is 5.74. The number of carboxylic acids is 1. The monoisotopic (exact) mass is 223 g/mol. The topological polar surface area (TPSA) is 57.6 Å². The molecule has 1 aliphatic carbocycles. The lowest BCUT2D eigenvalue weighted by Gasteiger charge is -2.32. The van der Waals surface area contributed by atoms with Crippen molar-refractivity contribution in [1.82, 2.24) is 4.90 Å². The SMILES string of the molecule is O=C(O)C1CC2CCC1N2C(=O)C1CCC1. The van der Waals surface area contributed by atoms with Crippen LogP contribution in [0.5, 0.6) is 0 Å². The standard InChI is InChI=1S/C12H17NO3/c14-11(7-2-1-3-7)13-8-4-5-10(13)9(6-8)12(15)16/h7-10H,1-6H2,(H,15,16). The van der Waals surface area contributed by atoms with Gasteiger partial charge in [-0.25, -0.2) is 0 Å². The highest BCUT2D eigenvalue weighted by Crippen LogP contribution is 2.44. The molecule has 3 atom stereocenters. The van der Waals surface area contributed by atoms with Crippen molar-refractivity contribution in [2.24, 2.45) is 11.8 Å².